The lowest BCUT2D eigenvalue weighted by Gasteiger charge is -2.30. The molecule has 3 heterocycles. The Labute approximate surface area is 211 Å². The van der Waals surface area contributed by atoms with Crippen molar-refractivity contribution in [3.8, 4) is 11.3 Å². The maximum atomic E-state index is 13.4. The largest absolute Gasteiger partial charge is 0.378 e. The molecule has 2 aliphatic heterocycles. The highest BCUT2D eigenvalue weighted by Gasteiger charge is 2.59. The third-order valence-electron chi connectivity index (χ3n) is 9.04. The van der Waals surface area contributed by atoms with Crippen molar-refractivity contribution >= 4 is 23.2 Å². The van der Waals surface area contributed by atoms with Crippen molar-refractivity contribution in [2.75, 3.05) is 26.3 Å². The average Bonchev–Trinajstić information content (AvgIpc) is 3.56. The lowest BCUT2D eigenvalue weighted by molar-refractivity contribution is 0.0520. The Kier molecular flexibility index (Phi) is 5.21. The number of rotatable bonds is 3. The zero-order valence-electron chi connectivity index (χ0n) is 20.7. The molecule has 0 radical (unpaired) electrons. The predicted octanol–water partition coefficient (Wildman–Crippen LogP) is 5.45. The molecule has 2 aromatic carbocycles. The number of aldehydes is 1. The summed E-state index contributed by atoms with van der Waals surface area (Å²) in [6.07, 6.45) is 8.17. The first-order valence-corrected chi connectivity index (χ1v) is 13.5. The molecule has 0 spiro atoms. The van der Waals surface area contributed by atoms with Crippen LogP contribution in [-0.2, 0) is 11.3 Å². The summed E-state index contributed by atoms with van der Waals surface area (Å²) >= 11 is 0. The molecule has 1 aromatic heterocycles. The molecule has 0 bridgehead atoms. The van der Waals surface area contributed by atoms with Gasteiger partial charge in [-0.15, -0.1) is 0 Å². The first-order valence-electron chi connectivity index (χ1n) is 13.5. The Hall–Kier alpha value is -3.12. The summed E-state index contributed by atoms with van der Waals surface area (Å²) in [6.45, 7) is 3.19. The van der Waals surface area contributed by atoms with Gasteiger partial charge >= 0.3 is 6.03 Å². The van der Waals surface area contributed by atoms with Gasteiger partial charge < -0.3 is 19.5 Å². The quantitative estimate of drug-likeness (QED) is 0.504. The standard InChI is InChI=1S/C30H33N3O3/c34-18-20-10-11-24-26(16-20)33-19-30(31-29(35)32-12-14-36-15-13-32)17-25(30)22-8-4-5-9-23(22)28(33)27(24)21-6-2-1-3-7-21/h4-5,8-11,16,18,21,25H,1-3,6-7,12-15,17,19H2,(H,31,35). The van der Waals surface area contributed by atoms with E-state index in [1.165, 1.54) is 59.9 Å². The Balaban J connectivity index is 1.40. The van der Waals surface area contributed by atoms with Crippen molar-refractivity contribution < 1.29 is 14.3 Å². The molecule has 2 aliphatic carbocycles. The summed E-state index contributed by atoms with van der Waals surface area (Å²) in [5.41, 5.74) is 6.91. The van der Waals surface area contributed by atoms with Gasteiger partial charge in [0.25, 0.3) is 0 Å². The van der Waals surface area contributed by atoms with Gasteiger partial charge in [0.2, 0.25) is 0 Å². The van der Waals surface area contributed by atoms with Crippen molar-refractivity contribution in [2.45, 2.75) is 62.4 Å². The lowest BCUT2D eigenvalue weighted by atomic mass is 9.81. The number of amides is 2. The second-order valence-electron chi connectivity index (χ2n) is 11.1. The Bertz CT molecular complexity index is 1350. The molecule has 2 unspecified atom stereocenters. The van der Waals surface area contributed by atoms with Crippen LogP contribution in [0.5, 0.6) is 0 Å². The second kappa shape index (κ2) is 8.48. The van der Waals surface area contributed by atoms with Crippen LogP contribution in [0, 0.1) is 0 Å². The number of urea groups is 1. The number of nitrogens with one attached hydrogen (secondary N) is 1. The summed E-state index contributed by atoms with van der Waals surface area (Å²) in [7, 11) is 0. The molecule has 7 rings (SSSR count). The Morgan fingerprint density at radius 3 is 2.67 bits per heavy atom. The van der Waals surface area contributed by atoms with Crippen LogP contribution in [0.3, 0.4) is 0 Å². The van der Waals surface area contributed by atoms with Crippen LogP contribution in [0.2, 0.25) is 0 Å². The molecule has 4 aliphatic rings. The minimum Gasteiger partial charge on any atom is -0.378 e. The van der Waals surface area contributed by atoms with Gasteiger partial charge in [-0.3, -0.25) is 4.79 Å². The van der Waals surface area contributed by atoms with Crippen molar-refractivity contribution in [1.82, 2.24) is 14.8 Å². The second-order valence-corrected chi connectivity index (χ2v) is 11.1. The first kappa shape index (κ1) is 22.1. The highest BCUT2D eigenvalue weighted by atomic mass is 16.5. The van der Waals surface area contributed by atoms with E-state index in [4.69, 9.17) is 4.74 Å². The highest BCUT2D eigenvalue weighted by Crippen LogP contribution is 2.59. The zero-order chi connectivity index (χ0) is 24.3. The van der Waals surface area contributed by atoms with Gasteiger partial charge in [-0.25, -0.2) is 4.79 Å². The summed E-state index contributed by atoms with van der Waals surface area (Å²) in [4.78, 5) is 27.0. The van der Waals surface area contributed by atoms with Gasteiger partial charge in [-0.2, -0.15) is 0 Å². The SMILES string of the molecule is O=Cc1ccc2c(C3CCCCC3)c3n(c2c1)CC1(NC(=O)N2CCOCC2)CC1c1ccccc1-3. The number of carbonyl (C=O) groups is 2. The molecule has 2 saturated carbocycles. The average molecular weight is 484 g/mol. The fourth-order valence-corrected chi connectivity index (χ4v) is 7.15. The van der Waals surface area contributed by atoms with Crippen LogP contribution in [0.15, 0.2) is 42.5 Å². The maximum Gasteiger partial charge on any atom is 0.318 e. The highest BCUT2D eigenvalue weighted by molar-refractivity contribution is 5.96. The van der Waals surface area contributed by atoms with Gasteiger partial charge in [0.15, 0.2) is 0 Å². The summed E-state index contributed by atoms with van der Waals surface area (Å²) in [5, 5.41) is 4.75. The van der Waals surface area contributed by atoms with Gasteiger partial charge in [-0.05, 0) is 42.4 Å². The Morgan fingerprint density at radius 1 is 1.06 bits per heavy atom. The molecule has 3 aromatic rings. The van der Waals surface area contributed by atoms with Crippen LogP contribution in [0.1, 0.15) is 71.8 Å². The van der Waals surface area contributed by atoms with Crippen molar-refractivity contribution in [3.05, 3.63) is 59.2 Å². The van der Waals surface area contributed by atoms with E-state index in [1.807, 2.05) is 11.0 Å². The van der Waals surface area contributed by atoms with Gasteiger partial charge in [0.05, 0.1) is 24.4 Å². The number of fused-ring (bicyclic) bond motifs is 7. The number of aromatic nitrogens is 1. The fraction of sp³-hybridized carbons (Fsp3) is 0.467. The molecule has 6 nitrogen and oxygen atoms in total. The normalized spacial score (nSPS) is 25.4. The third kappa shape index (κ3) is 3.41. The van der Waals surface area contributed by atoms with E-state index in [0.29, 0.717) is 43.7 Å². The number of nitrogens with zero attached hydrogens (tertiary/aromatic N) is 2. The number of carbonyl (C=O) groups excluding carboxylic acids is 2. The van der Waals surface area contributed by atoms with Gasteiger partial charge in [0, 0.05) is 47.6 Å². The molecule has 2 atom stereocenters. The van der Waals surface area contributed by atoms with E-state index in [0.717, 1.165) is 24.8 Å². The molecule has 36 heavy (non-hydrogen) atoms. The van der Waals surface area contributed by atoms with Crippen LogP contribution >= 0.6 is 0 Å². The third-order valence-corrected chi connectivity index (χ3v) is 9.04. The number of benzene rings is 2. The van der Waals surface area contributed by atoms with Crippen LogP contribution in [0.4, 0.5) is 4.79 Å². The number of ether oxygens (including phenoxy) is 1. The maximum absolute atomic E-state index is 13.4. The van der Waals surface area contributed by atoms with E-state index in [9.17, 15) is 9.59 Å². The molecule has 6 heteroatoms. The van der Waals surface area contributed by atoms with E-state index >= 15 is 0 Å². The molecule has 186 valence electrons. The monoisotopic (exact) mass is 483 g/mol. The predicted molar refractivity (Wildman–Crippen MR) is 140 cm³/mol. The topological polar surface area (TPSA) is 63.6 Å². The molecule has 3 fully saturated rings. The molecule has 1 N–H and O–H groups in total. The van der Waals surface area contributed by atoms with E-state index in [-0.39, 0.29) is 11.6 Å². The number of hydrogen-bond donors (Lipinski definition) is 1. The van der Waals surface area contributed by atoms with Crippen LogP contribution < -0.4 is 5.32 Å². The van der Waals surface area contributed by atoms with E-state index < -0.39 is 0 Å². The number of morpholine rings is 1. The minimum absolute atomic E-state index is 0.0132. The van der Waals surface area contributed by atoms with Gasteiger partial charge in [0.1, 0.15) is 6.29 Å². The minimum atomic E-state index is -0.316. The first-order chi connectivity index (χ1) is 17.7. The van der Waals surface area contributed by atoms with Crippen molar-refractivity contribution in [2.24, 2.45) is 0 Å². The van der Waals surface area contributed by atoms with Crippen molar-refractivity contribution in [3.63, 3.8) is 0 Å². The summed E-state index contributed by atoms with van der Waals surface area (Å²) in [5.74, 6) is 0.822. The zero-order valence-corrected chi connectivity index (χ0v) is 20.7. The van der Waals surface area contributed by atoms with Crippen molar-refractivity contribution in [1.29, 1.82) is 0 Å². The smallest absolute Gasteiger partial charge is 0.318 e. The molecular weight excluding hydrogens is 450 g/mol. The fourth-order valence-electron chi connectivity index (χ4n) is 7.15. The van der Waals surface area contributed by atoms with Crippen LogP contribution in [0.25, 0.3) is 22.2 Å². The van der Waals surface area contributed by atoms with E-state index in [2.05, 4.69) is 46.3 Å². The molecular formula is C30H33N3O3. The molecule has 2 amide bonds. The summed E-state index contributed by atoms with van der Waals surface area (Å²) < 4.78 is 7.91. The molecule has 1 saturated heterocycles. The van der Waals surface area contributed by atoms with Gasteiger partial charge in [-0.1, -0.05) is 55.7 Å². The number of hydrogen-bond acceptors (Lipinski definition) is 3. The Morgan fingerprint density at radius 2 is 1.86 bits per heavy atom. The summed E-state index contributed by atoms with van der Waals surface area (Å²) in [6, 6.07) is 15.0. The van der Waals surface area contributed by atoms with Crippen LogP contribution in [-0.4, -0.2) is 53.6 Å². The van der Waals surface area contributed by atoms with E-state index in [1.54, 1.807) is 0 Å². The lowest BCUT2D eigenvalue weighted by Crippen LogP contribution is -2.51.